The summed E-state index contributed by atoms with van der Waals surface area (Å²) >= 11 is 5.80. The molecule has 0 N–H and O–H groups in total. The van der Waals surface area contributed by atoms with E-state index >= 15 is 0 Å². The van der Waals surface area contributed by atoms with Crippen molar-refractivity contribution in [1.82, 2.24) is 9.97 Å². The molecule has 0 unspecified atom stereocenters. The number of ether oxygens (including phenoxy) is 1. The molecule has 0 aliphatic carbocycles. The molecule has 1 heterocycles. The van der Waals surface area contributed by atoms with E-state index in [1.54, 1.807) is 0 Å². The largest absolute Gasteiger partial charge is 0.481 e. The van der Waals surface area contributed by atoms with Gasteiger partial charge in [0.15, 0.2) is 0 Å². The molecule has 0 bridgehead atoms. The second-order valence-electron chi connectivity index (χ2n) is 3.61. The Hall–Kier alpha value is -1.82. The number of aromatic nitrogens is 2. The maximum Gasteiger partial charge on any atom is 0.417 e. The standard InChI is InChI=1S/C12H8ClF3N2O/c1-19-10-5-9(17-6-18-10)7-3-2-4-8(11(7)13)12(14,15)16/h2-6H,1H3. The topological polar surface area (TPSA) is 35.0 Å². The molecule has 100 valence electrons. The minimum Gasteiger partial charge on any atom is -0.481 e. The molecule has 0 saturated heterocycles. The number of benzene rings is 1. The summed E-state index contributed by atoms with van der Waals surface area (Å²) < 4.78 is 43.1. The Kier molecular flexibility index (Phi) is 3.61. The van der Waals surface area contributed by atoms with Gasteiger partial charge in [-0.1, -0.05) is 23.7 Å². The van der Waals surface area contributed by atoms with E-state index in [4.69, 9.17) is 16.3 Å². The summed E-state index contributed by atoms with van der Waals surface area (Å²) in [5.74, 6) is 0.249. The molecule has 0 fully saturated rings. The smallest absolute Gasteiger partial charge is 0.417 e. The lowest BCUT2D eigenvalue weighted by Gasteiger charge is -2.12. The zero-order chi connectivity index (χ0) is 14.0. The van der Waals surface area contributed by atoms with E-state index in [1.807, 2.05) is 0 Å². The summed E-state index contributed by atoms with van der Waals surface area (Å²) in [5.41, 5.74) is -0.454. The van der Waals surface area contributed by atoms with Gasteiger partial charge in [0.05, 0.1) is 23.4 Å². The minimum atomic E-state index is -4.51. The molecular formula is C12H8ClF3N2O. The Morgan fingerprint density at radius 1 is 1.21 bits per heavy atom. The molecule has 0 atom stereocenters. The molecule has 2 rings (SSSR count). The number of alkyl halides is 3. The Balaban J connectivity index is 2.57. The van der Waals surface area contributed by atoms with Crippen LogP contribution in [0.1, 0.15) is 5.56 Å². The van der Waals surface area contributed by atoms with Gasteiger partial charge in [0, 0.05) is 11.6 Å². The highest BCUT2D eigenvalue weighted by atomic mass is 35.5. The third-order valence-corrected chi connectivity index (χ3v) is 2.84. The molecule has 19 heavy (non-hydrogen) atoms. The number of methoxy groups -OCH3 is 1. The predicted octanol–water partition coefficient (Wildman–Crippen LogP) is 3.82. The van der Waals surface area contributed by atoms with E-state index in [-0.39, 0.29) is 17.1 Å². The Labute approximate surface area is 112 Å². The van der Waals surface area contributed by atoms with Crippen LogP contribution in [0.15, 0.2) is 30.6 Å². The zero-order valence-corrected chi connectivity index (χ0v) is 10.5. The normalized spacial score (nSPS) is 11.4. The van der Waals surface area contributed by atoms with E-state index in [2.05, 4.69) is 9.97 Å². The van der Waals surface area contributed by atoms with E-state index in [9.17, 15) is 13.2 Å². The molecule has 0 aliphatic heterocycles. The number of rotatable bonds is 2. The van der Waals surface area contributed by atoms with Crippen LogP contribution in [-0.2, 0) is 6.18 Å². The lowest BCUT2D eigenvalue weighted by atomic mass is 10.1. The SMILES string of the molecule is COc1cc(-c2cccc(C(F)(F)F)c2Cl)ncn1. The predicted molar refractivity (Wildman–Crippen MR) is 64.0 cm³/mol. The summed E-state index contributed by atoms with van der Waals surface area (Å²) in [6.45, 7) is 0. The molecule has 7 heteroatoms. The Bertz CT molecular complexity index is 602. The van der Waals surface area contributed by atoms with Crippen molar-refractivity contribution in [2.75, 3.05) is 7.11 Å². The molecule has 0 radical (unpaired) electrons. The van der Waals surface area contributed by atoms with Gasteiger partial charge in [-0.25, -0.2) is 9.97 Å². The first-order valence-electron chi connectivity index (χ1n) is 5.15. The molecule has 2 aromatic rings. The van der Waals surface area contributed by atoms with E-state index in [0.717, 1.165) is 6.07 Å². The third kappa shape index (κ3) is 2.78. The van der Waals surface area contributed by atoms with Crippen LogP contribution in [0.5, 0.6) is 5.88 Å². The fourth-order valence-corrected chi connectivity index (χ4v) is 1.88. The van der Waals surface area contributed by atoms with Crippen molar-refractivity contribution in [2.45, 2.75) is 6.18 Å². The number of hydrogen-bond acceptors (Lipinski definition) is 3. The van der Waals surface area contributed by atoms with Crippen molar-refractivity contribution in [2.24, 2.45) is 0 Å². The van der Waals surface area contributed by atoms with Crippen LogP contribution in [0.25, 0.3) is 11.3 Å². The first-order chi connectivity index (χ1) is 8.93. The monoisotopic (exact) mass is 288 g/mol. The second-order valence-corrected chi connectivity index (χ2v) is 3.99. The average molecular weight is 289 g/mol. The summed E-state index contributed by atoms with van der Waals surface area (Å²) in [6, 6.07) is 5.07. The van der Waals surface area contributed by atoms with Gasteiger partial charge in [-0.2, -0.15) is 13.2 Å². The summed E-state index contributed by atoms with van der Waals surface area (Å²) in [5, 5.41) is -0.393. The van der Waals surface area contributed by atoms with Crippen LogP contribution in [0.3, 0.4) is 0 Å². The Morgan fingerprint density at radius 2 is 1.95 bits per heavy atom. The zero-order valence-electron chi connectivity index (χ0n) is 9.70. The van der Waals surface area contributed by atoms with Crippen LogP contribution >= 0.6 is 11.6 Å². The van der Waals surface area contributed by atoms with Crippen LogP contribution in [0, 0.1) is 0 Å². The van der Waals surface area contributed by atoms with E-state index in [0.29, 0.717) is 0 Å². The van der Waals surface area contributed by atoms with Gasteiger partial charge in [-0.05, 0) is 6.07 Å². The van der Waals surface area contributed by atoms with Crippen molar-refractivity contribution in [1.29, 1.82) is 0 Å². The highest BCUT2D eigenvalue weighted by Crippen LogP contribution is 2.39. The molecule has 0 spiro atoms. The first kappa shape index (κ1) is 13.6. The quantitative estimate of drug-likeness (QED) is 0.842. The number of nitrogens with zero attached hydrogens (tertiary/aromatic N) is 2. The third-order valence-electron chi connectivity index (χ3n) is 2.43. The molecule has 0 amide bonds. The molecule has 1 aromatic carbocycles. The highest BCUT2D eigenvalue weighted by Gasteiger charge is 2.34. The van der Waals surface area contributed by atoms with Gasteiger partial charge >= 0.3 is 6.18 Å². The van der Waals surface area contributed by atoms with Crippen LogP contribution in [0.4, 0.5) is 13.2 Å². The summed E-state index contributed by atoms with van der Waals surface area (Å²) in [4.78, 5) is 7.68. The maximum atomic E-state index is 12.7. The van der Waals surface area contributed by atoms with Crippen LogP contribution in [-0.4, -0.2) is 17.1 Å². The van der Waals surface area contributed by atoms with Gasteiger partial charge in [0.1, 0.15) is 6.33 Å². The van der Waals surface area contributed by atoms with Gasteiger partial charge in [0.2, 0.25) is 5.88 Å². The lowest BCUT2D eigenvalue weighted by molar-refractivity contribution is -0.137. The van der Waals surface area contributed by atoms with E-state index in [1.165, 1.54) is 31.6 Å². The fraction of sp³-hybridized carbons (Fsp3) is 0.167. The molecule has 0 aliphatic rings. The lowest BCUT2D eigenvalue weighted by Crippen LogP contribution is -2.06. The summed E-state index contributed by atoms with van der Waals surface area (Å²) in [7, 11) is 1.40. The van der Waals surface area contributed by atoms with Gasteiger partial charge in [-0.3, -0.25) is 0 Å². The van der Waals surface area contributed by atoms with Gasteiger partial charge in [-0.15, -0.1) is 0 Å². The summed E-state index contributed by atoms with van der Waals surface area (Å²) in [6.07, 6.45) is -3.31. The highest BCUT2D eigenvalue weighted by molar-refractivity contribution is 6.34. The molecule has 3 nitrogen and oxygen atoms in total. The molecule has 1 aromatic heterocycles. The van der Waals surface area contributed by atoms with Gasteiger partial charge < -0.3 is 4.74 Å². The number of hydrogen-bond donors (Lipinski definition) is 0. The van der Waals surface area contributed by atoms with Crippen molar-refractivity contribution in [3.05, 3.63) is 41.2 Å². The first-order valence-corrected chi connectivity index (χ1v) is 5.53. The average Bonchev–Trinajstić information content (AvgIpc) is 2.37. The van der Waals surface area contributed by atoms with E-state index < -0.39 is 16.8 Å². The van der Waals surface area contributed by atoms with Crippen molar-refractivity contribution in [3.8, 4) is 17.1 Å². The minimum absolute atomic E-state index is 0.178. The van der Waals surface area contributed by atoms with Crippen LogP contribution < -0.4 is 4.74 Å². The second kappa shape index (κ2) is 5.05. The fourth-order valence-electron chi connectivity index (χ4n) is 1.55. The maximum absolute atomic E-state index is 12.7. The van der Waals surface area contributed by atoms with Crippen molar-refractivity contribution in [3.63, 3.8) is 0 Å². The number of halogens is 4. The van der Waals surface area contributed by atoms with Crippen LogP contribution in [0.2, 0.25) is 5.02 Å². The molecular weight excluding hydrogens is 281 g/mol. The van der Waals surface area contributed by atoms with Gasteiger partial charge in [0.25, 0.3) is 0 Å². The van der Waals surface area contributed by atoms with Crippen molar-refractivity contribution < 1.29 is 17.9 Å². The van der Waals surface area contributed by atoms with Crippen molar-refractivity contribution >= 4 is 11.6 Å². The Morgan fingerprint density at radius 3 is 2.58 bits per heavy atom. The molecule has 0 saturated carbocycles.